The summed E-state index contributed by atoms with van der Waals surface area (Å²) in [5.74, 6) is -2.07. The molecule has 0 saturated carbocycles. The lowest BCUT2D eigenvalue weighted by Gasteiger charge is -2.16. The van der Waals surface area contributed by atoms with Crippen LogP contribution < -0.4 is 10.6 Å². The van der Waals surface area contributed by atoms with Crippen LogP contribution in [0.4, 0.5) is 14.5 Å². The third-order valence-electron chi connectivity index (χ3n) is 4.39. The van der Waals surface area contributed by atoms with E-state index in [2.05, 4.69) is 10.6 Å². The molecule has 1 heterocycles. The Balaban J connectivity index is 1.66. The maximum absolute atomic E-state index is 13.9. The molecule has 2 N–H and O–H groups in total. The molecule has 3 rings (SSSR count). The summed E-state index contributed by atoms with van der Waals surface area (Å²) in [7, 11) is 0. The summed E-state index contributed by atoms with van der Waals surface area (Å²) in [6, 6.07) is 9.01. The van der Waals surface area contributed by atoms with Gasteiger partial charge in [0.15, 0.2) is 0 Å². The van der Waals surface area contributed by atoms with Crippen LogP contribution in [0, 0.1) is 11.6 Å². The molecule has 1 aliphatic heterocycles. The van der Waals surface area contributed by atoms with Crippen LogP contribution >= 0.6 is 0 Å². The van der Waals surface area contributed by atoms with Gasteiger partial charge in [-0.3, -0.25) is 9.59 Å². The highest BCUT2D eigenvalue weighted by atomic mass is 19.1. The van der Waals surface area contributed by atoms with Gasteiger partial charge in [0.1, 0.15) is 17.7 Å². The highest BCUT2D eigenvalue weighted by Crippen LogP contribution is 2.20. The van der Waals surface area contributed by atoms with Gasteiger partial charge >= 0.3 is 0 Å². The number of anilines is 1. The molecule has 1 fully saturated rings. The lowest BCUT2D eigenvalue weighted by molar-refractivity contribution is -0.124. The zero-order chi connectivity index (χ0) is 19.4. The molecule has 0 spiro atoms. The Kier molecular flexibility index (Phi) is 5.81. The zero-order valence-corrected chi connectivity index (χ0v) is 14.8. The summed E-state index contributed by atoms with van der Waals surface area (Å²) >= 11 is 0. The van der Waals surface area contributed by atoms with Crippen molar-refractivity contribution in [3.8, 4) is 0 Å². The average molecular weight is 374 g/mol. The number of halogens is 2. The van der Waals surface area contributed by atoms with Crippen molar-refractivity contribution in [2.45, 2.75) is 31.9 Å². The maximum atomic E-state index is 13.9. The number of nitrogens with one attached hydrogen (secondary N) is 2. The smallest absolute Gasteiger partial charge is 0.253 e. The van der Waals surface area contributed by atoms with Gasteiger partial charge in [-0.25, -0.2) is 8.78 Å². The molecule has 2 unspecified atom stereocenters. The second-order valence-electron chi connectivity index (χ2n) is 6.43. The fourth-order valence-electron chi connectivity index (χ4n) is 2.96. The van der Waals surface area contributed by atoms with Gasteiger partial charge in [-0.15, -0.1) is 0 Å². The van der Waals surface area contributed by atoms with E-state index in [1.165, 1.54) is 12.1 Å². The van der Waals surface area contributed by atoms with Gasteiger partial charge in [0.2, 0.25) is 0 Å². The van der Waals surface area contributed by atoms with Gasteiger partial charge in [0, 0.05) is 29.5 Å². The molecule has 1 saturated heterocycles. The number of carbonyl (C=O) groups is 2. The summed E-state index contributed by atoms with van der Waals surface area (Å²) in [5.41, 5.74) is 0.978. The first kappa shape index (κ1) is 19.0. The fourth-order valence-corrected chi connectivity index (χ4v) is 2.96. The summed E-state index contributed by atoms with van der Waals surface area (Å²) in [6.07, 6.45) is 1.05. The minimum absolute atomic E-state index is 0.188. The minimum Gasteiger partial charge on any atom is -0.368 e. The molecule has 2 aromatic rings. The molecular weight excluding hydrogens is 354 g/mol. The normalized spacial score (nSPS) is 17.4. The van der Waals surface area contributed by atoms with Crippen LogP contribution in [0.25, 0.3) is 0 Å². The maximum Gasteiger partial charge on any atom is 0.253 e. The van der Waals surface area contributed by atoms with Crippen LogP contribution in [0.2, 0.25) is 0 Å². The van der Waals surface area contributed by atoms with Crippen LogP contribution in [-0.2, 0) is 9.53 Å². The zero-order valence-electron chi connectivity index (χ0n) is 14.8. The number of benzene rings is 2. The second kappa shape index (κ2) is 8.26. The van der Waals surface area contributed by atoms with Crippen molar-refractivity contribution in [1.29, 1.82) is 0 Å². The molecule has 0 aromatic heterocycles. The van der Waals surface area contributed by atoms with Crippen LogP contribution in [0.3, 0.4) is 0 Å². The van der Waals surface area contributed by atoms with Gasteiger partial charge in [-0.05, 0) is 44.0 Å². The van der Waals surface area contributed by atoms with Crippen LogP contribution in [0.15, 0.2) is 42.5 Å². The lowest BCUT2D eigenvalue weighted by atomic mass is 10.1. The van der Waals surface area contributed by atoms with Crippen molar-refractivity contribution in [1.82, 2.24) is 5.32 Å². The number of amides is 2. The SMILES string of the molecule is CC(NC(=O)c1cccc(NC(=O)C2CCCO2)c1)c1ccc(F)cc1F. The second-order valence-corrected chi connectivity index (χ2v) is 6.43. The molecular formula is C20H20F2N2O3. The Morgan fingerprint density at radius 3 is 2.70 bits per heavy atom. The fraction of sp³-hybridized carbons (Fsp3) is 0.300. The summed E-state index contributed by atoms with van der Waals surface area (Å²) in [4.78, 5) is 24.6. The molecule has 1 aliphatic rings. The van der Waals surface area contributed by atoms with Crippen molar-refractivity contribution >= 4 is 17.5 Å². The standard InChI is InChI=1S/C20H20F2N2O3/c1-12(16-8-7-14(21)11-17(16)22)23-19(25)13-4-2-5-15(10-13)24-20(26)18-6-3-9-27-18/h2,4-5,7-8,10-12,18H,3,6,9H2,1H3,(H,23,25)(H,24,26). The third kappa shape index (κ3) is 4.68. The summed E-state index contributed by atoms with van der Waals surface area (Å²) in [6.45, 7) is 2.18. The molecule has 0 bridgehead atoms. The highest BCUT2D eigenvalue weighted by Gasteiger charge is 2.23. The van der Waals surface area contributed by atoms with Crippen LogP contribution in [0.1, 0.15) is 41.7 Å². The predicted molar refractivity (Wildman–Crippen MR) is 96.3 cm³/mol. The van der Waals surface area contributed by atoms with Crippen molar-refractivity contribution in [3.63, 3.8) is 0 Å². The van der Waals surface area contributed by atoms with E-state index in [1.807, 2.05) is 0 Å². The van der Waals surface area contributed by atoms with E-state index in [1.54, 1.807) is 25.1 Å². The quantitative estimate of drug-likeness (QED) is 0.841. The number of ether oxygens (including phenoxy) is 1. The van der Waals surface area contributed by atoms with Crippen molar-refractivity contribution in [2.24, 2.45) is 0 Å². The molecule has 2 aromatic carbocycles. The van der Waals surface area contributed by atoms with Gasteiger partial charge in [-0.1, -0.05) is 12.1 Å². The molecule has 0 radical (unpaired) electrons. The van der Waals surface area contributed by atoms with Crippen molar-refractivity contribution < 1.29 is 23.1 Å². The van der Waals surface area contributed by atoms with Crippen LogP contribution in [0.5, 0.6) is 0 Å². The Hall–Kier alpha value is -2.80. The Labute approximate surface area is 155 Å². The number of hydrogen-bond acceptors (Lipinski definition) is 3. The van der Waals surface area contributed by atoms with E-state index in [0.717, 1.165) is 18.6 Å². The first-order chi connectivity index (χ1) is 12.9. The van der Waals surface area contributed by atoms with Gasteiger partial charge in [0.05, 0.1) is 6.04 Å². The van der Waals surface area contributed by atoms with Gasteiger partial charge in [0.25, 0.3) is 11.8 Å². The number of carbonyl (C=O) groups excluding carboxylic acids is 2. The van der Waals surface area contributed by atoms with E-state index < -0.39 is 29.7 Å². The first-order valence-corrected chi connectivity index (χ1v) is 8.72. The number of hydrogen-bond donors (Lipinski definition) is 2. The highest BCUT2D eigenvalue weighted by molar-refractivity contribution is 5.98. The molecule has 0 aliphatic carbocycles. The molecule has 27 heavy (non-hydrogen) atoms. The average Bonchev–Trinajstić information content (AvgIpc) is 3.16. The van der Waals surface area contributed by atoms with E-state index in [4.69, 9.17) is 4.74 Å². The topological polar surface area (TPSA) is 67.4 Å². The van der Waals surface area contributed by atoms with Crippen LogP contribution in [-0.4, -0.2) is 24.5 Å². The molecule has 7 heteroatoms. The van der Waals surface area contributed by atoms with Crippen molar-refractivity contribution in [3.05, 3.63) is 65.2 Å². The third-order valence-corrected chi connectivity index (χ3v) is 4.39. The monoisotopic (exact) mass is 374 g/mol. The van der Waals surface area contributed by atoms with E-state index in [-0.39, 0.29) is 11.5 Å². The summed E-state index contributed by atoms with van der Waals surface area (Å²) < 4.78 is 32.2. The van der Waals surface area contributed by atoms with E-state index in [9.17, 15) is 18.4 Å². The van der Waals surface area contributed by atoms with E-state index in [0.29, 0.717) is 24.3 Å². The van der Waals surface area contributed by atoms with Gasteiger partial charge in [-0.2, -0.15) is 0 Å². The lowest BCUT2D eigenvalue weighted by Crippen LogP contribution is -2.28. The molecule has 5 nitrogen and oxygen atoms in total. The molecule has 2 amide bonds. The van der Waals surface area contributed by atoms with E-state index >= 15 is 0 Å². The largest absolute Gasteiger partial charge is 0.368 e. The van der Waals surface area contributed by atoms with Crippen molar-refractivity contribution in [2.75, 3.05) is 11.9 Å². The summed E-state index contributed by atoms with van der Waals surface area (Å²) in [5, 5.41) is 5.40. The molecule has 142 valence electrons. The minimum atomic E-state index is -0.722. The Morgan fingerprint density at radius 1 is 1.19 bits per heavy atom. The Bertz CT molecular complexity index is 851. The number of rotatable bonds is 5. The first-order valence-electron chi connectivity index (χ1n) is 8.72. The Morgan fingerprint density at radius 2 is 2.00 bits per heavy atom. The molecule has 2 atom stereocenters. The predicted octanol–water partition coefficient (Wildman–Crippen LogP) is 3.57. The van der Waals surface area contributed by atoms with Gasteiger partial charge < -0.3 is 15.4 Å².